The Morgan fingerprint density at radius 1 is 1.11 bits per heavy atom. The summed E-state index contributed by atoms with van der Waals surface area (Å²) < 4.78 is 0. The van der Waals surface area contributed by atoms with Crippen molar-refractivity contribution >= 4 is 28.6 Å². The molecule has 1 saturated heterocycles. The molecule has 0 radical (unpaired) electrons. The zero-order chi connectivity index (χ0) is 18.6. The van der Waals surface area contributed by atoms with Gasteiger partial charge < -0.3 is 16.0 Å². The van der Waals surface area contributed by atoms with Crippen LogP contribution in [0.15, 0.2) is 48.8 Å². The van der Waals surface area contributed by atoms with E-state index in [0.717, 1.165) is 42.7 Å². The molecule has 3 heterocycles. The number of aromatic nitrogens is 3. The standard InChI is InChI=1S/C20H22N6O/c21-17-7-6-16-18(25-17)23-13-24-19(16)26-10-8-15(9-11-26)20(27)22-12-14-4-2-1-3-5-14/h1-7,13,15H,8-12H2,(H,22,27)(H2,21,23,24,25). The Morgan fingerprint density at radius 3 is 2.67 bits per heavy atom. The number of fused-ring (bicyclic) bond motifs is 1. The second-order valence-corrected chi connectivity index (χ2v) is 6.77. The van der Waals surface area contributed by atoms with Gasteiger partial charge in [-0.25, -0.2) is 15.0 Å². The molecule has 7 heteroatoms. The van der Waals surface area contributed by atoms with Gasteiger partial charge in [-0.1, -0.05) is 30.3 Å². The highest BCUT2D eigenvalue weighted by Gasteiger charge is 2.26. The number of piperidine rings is 1. The van der Waals surface area contributed by atoms with Gasteiger partial charge in [0.15, 0.2) is 5.65 Å². The lowest BCUT2D eigenvalue weighted by Crippen LogP contribution is -2.40. The summed E-state index contributed by atoms with van der Waals surface area (Å²) in [4.78, 5) is 27.6. The summed E-state index contributed by atoms with van der Waals surface area (Å²) in [5.74, 6) is 1.46. The first kappa shape index (κ1) is 17.2. The van der Waals surface area contributed by atoms with Crippen LogP contribution in [0.25, 0.3) is 11.0 Å². The molecule has 7 nitrogen and oxygen atoms in total. The molecule has 0 bridgehead atoms. The largest absolute Gasteiger partial charge is 0.384 e. The molecule has 2 aromatic heterocycles. The van der Waals surface area contributed by atoms with Gasteiger partial charge in [0, 0.05) is 25.6 Å². The van der Waals surface area contributed by atoms with E-state index in [-0.39, 0.29) is 11.8 Å². The molecule has 0 aliphatic carbocycles. The molecule has 1 fully saturated rings. The maximum absolute atomic E-state index is 12.5. The summed E-state index contributed by atoms with van der Waals surface area (Å²) in [6.45, 7) is 2.13. The maximum Gasteiger partial charge on any atom is 0.223 e. The van der Waals surface area contributed by atoms with E-state index in [1.165, 1.54) is 6.33 Å². The number of nitrogens with one attached hydrogen (secondary N) is 1. The Hall–Kier alpha value is -3.22. The number of nitrogens with two attached hydrogens (primary N) is 1. The molecular formula is C20H22N6O. The molecule has 4 rings (SSSR count). The third-order valence-corrected chi connectivity index (χ3v) is 4.97. The number of nitrogens with zero attached hydrogens (tertiary/aromatic N) is 4. The third-order valence-electron chi connectivity index (χ3n) is 4.97. The smallest absolute Gasteiger partial charge is 0.223 e. The number of nitrogen functional groups attached to an aromatic ring is 1. The SMILES string of the molecule is Nc1ccc2c(N3CCC(C(=O)NCc4ccccc4)CC3)ncnc2n1. The molecular weight excluding hydrogens is 340 g/mol. The van der Waals surface area contributed by atoms with Crippen molar-refractivity contribution in [3.63, 3.8) is 0 Å². The first-order chi connectivity index (χ1) is 13.2. The van der Waals surface area contributed by atoms with Gasteiger partial charge >= 0.3 is 0 Å². The Bertz CT molecular complexity index is 938. The molecule has 138 valence electrons. The minimum absolute atomic E-state index is 0.0341. The minimum atomic E-state index is 0.0341. The minimum Gasteiger partial charge on any atom is -0.384 e. The molecule has 1 aliphatic rings. The van der Waals surface area contributed by atoms with Gasteiger partial charge in [-0.2, -0.15) is 0 Å². The zero-order valence-corrected chi connectivity index (χ0v) is 15.0. The summed E-state index contributed by atoms with van der Waals surface area (Å²) in [6.07, 6.45) is 3.12. The van der Waals surface area contributed by atoms with Crippen LogP contribution in [-0.4, -0.2) is 33.9 Å². The Kier molecular flexibility index (Phi) is 4.82. The second-order valence-electron chi connectivity index (χ2n) is 6.77. The lowest BCUT2D eigenvalue weighted by molar-refractivity contribution is -0.125. The number of carbonyl (C=O) groups excluding carboxylic acids is 1. The van der Waals surface area contributed by atoms with Crippen molar-refractivity contribution in [1.82, 2.24) is 20.3 Å². The van der Waals surface area contributed by atoms with Crippen LogP contribution in [-0.2, 0) is 11.3 Å². The summed E-state index contributed by atoms with van der Waals surface area (Å²) >= 11 is 0. The zero-order valence-electron chi connectivity index (χ0n) is 15.0. The fourth-order valence-electron chi connectivity index (χ4n) is 3.48. The van der Waals surface area contributed by atoms with E-state index in [9.17, 15) is 4.79 Å². The fourth-order valence-corrected chi connectivity index (χ4v) is 3.48. The van der Waals surface area contributed by atoms with E-state index in [4.69, 9.17) is 5.73 Å². The van der Waals surface area contributed by atoms with Gasteiger partial charge in [-0.3, -0.25) is 4.79 Å². The van der Waals surface area contributed by atoms with Crippen molar-refractivity contribution in [3.8, 4) is 0 Å². The molecule has 1 aliphatic heterocycles. The molecule has 3 aromatic rings. The molecule has 0 saturated carbocycles. The number of hydrogen-bond acceptors (Lipinski definition) is 6. The highest BCUT2D eigenvalue weighted by Crippen LogP contribution is 2.27. The highest BCUT2D eigenvalue weighted by atomic mass is 16.1. The maximum atomic E-state index is 12.5. The Morgan fingerprint density at radius 2 is 1.89 bits per heavy atom. The molecule has 0 unspecified atom stereocenters. The fraction of sp³-hybridized carbons (Fsp3) is 0.300. The molecule has 0 atom stereocenters. The van der Waals surface area contributed by atoms with Crippen LogP contribution in [0.2, 0.25) is 0 Å². The van der Waals surface area contributed by atoms with E-state index in [0.29, 0.717) is 18.0 Å². The summed E-state index contributed by atoms with van der Waals surface area (Å²) in [5.41, 5.74) is 7.46. The average Bonchev–Trinajstić information content (AvgIpc) is 2.72. The number of pyridine rings is 1. The number of amides is 1. The number of hydrogen-bond donors (Lipinski definition) is 2. The van der Waals surface area contributed by atoms with Crippen LogP contribution in [0.1, 0.15) is 18.4 Å². The summed E-state index contributed by atoms with van der Waals surface area (Å²) in [5, 5.41) is 3.94. The van der Waals surface area contributed by atoms with Gasteiger partial charge in [-0.05, 0) is 30.5 Å². The van der Waals surface area contributed by atoms with Gasteiger partial charge in [-0.15, -0.1) is 0 Å². The van der Waals surface area contributed by atoms with Crippen molar-refractivity contribution in [2.45, 2.75) is 19.4 Å². The topological polar surface area (TPSA) is 97.0 Å². The molecule has 27 heavy (non-hydrogen) atoms. The predicted octanol–water partition coefficient (Wildman–Crippen LogP) is 2.14. The van der Waals surface area contributed by atoms with Crippen LogP contribution in [0.4, 0.5) is 11.6 Å². The summed E-state index contributed by atoms with van der Waals surface area (Å²) in [7, 11) is 0. The molecule has 3 N–H and O–H groups in total. The highest BCUT2D eigenvalue weighted by molar-refractivity contribution is 5.88. The first-order valence-electron chi connectivity index (χ1n) is 9.14. The van der Waals surface area contributed by atoms with Crippen LogP contribution < -0.4 is 16.0 Å². The van der Waals surface area contributed by atoms with E-state index in [2.05, 4.69) is 25.2 Å². The van der Waals surface area contributed by atoms with Crippen molar-refractivity contribution in [2.24, 2.45) is 5.92 Å². The van der Waals surface area contributed by atoms with Gasteiger partial charge in [0.25, 0.3) is 0 Å². The normalized spacial score (nSPS) is 15.0. The van der Waals surface area contributed by atoms with E-state index in [1.54, 1.807) is 6.07 Å². The van der Waals surface area contributed by atoms with Crippen LogP contribution in [0, 0.1) is 5.92 Å². The molecule has 0 spiro atoms. The van der Waals surface area contributed by atoms with Gasteiger partial charge in [0.1, 0.15) is 18.0 Å². The number of rotatable bonds is 4. The van der Waals surface area contributed by atoms with Crippen molar-refractivity contribution < 1.29 is 4.79 Å². The lowest BCUT2D eigenvalue weighted by atomic mass is 9.95. The van der Waals surface area contributed by atoms with Crippen molar-refractivity contribution in [3.05, 3.63) is 54.4 Å². The van der Waals surface area contributed by atoms with E-state index >= 15 is 0 Å². The predicted molar refractivity (Wildman–Crippen MR) is 105 cm³/mol. The lowest BCUT2D eigenvalue weighted by Gasteiger charge is -2.32. The first-order valence-corrected chi connectivity index (χ1v) is 9.14. The van der Waals surface area contributed by atoms with Crippen LogP contribution in [0.5, 0.6) is 0 Å². The Labute approximate surface area is 157 Å². The van der Waals surface area contributed by atoms with Crippen molar-refractivity contribution in [1.29, 1.82) is 0 Å². The molecule has 1 aromatic carbocycles. The number of anilines is 2. The van der Waals surface area contributed by atoms with Gasteiger partial charge in [0.05, 0.1) is 5.39 Å². The third kappa shape index (κ3) is 3.81. The monoisotopic (exact) mass is 362 g/mol. The second kappa shape index (κ2) is 7.57. The summed E-state index contributed by atoms with van der Waals surface area (Å²) in [6, 6.07) is 13.6. The van der Waals surface area contributed by atoms with Crippen LogP contribution >= 0.6 is 0 Å². The van der Waals surface area contributed by atoms with Gasteiger partial charge in [0.2, 0.25) is 5.91 Å². The molecule has 1 amide bonds. The van der Waals surface area contributed by atoms with Crippen molar-refractivity contribution in [2.75, 3.05) is 23.7 Å². The Balaban J connectivity index is 1.38. The van der Waals surface area contributed by atoms with E-state index in [1.807, 2.05) is 36.4 Å². The number of carbonyl (C=O) groups is 1. The van der Waals surface area contributed by atoms with E-state index < -0.39 is 0 Å². The average molecular weight is 362 g/mol. The quantitative estimate of drug-likeness (QED) is 0.738. The van der Waals surface area contributed by atoms with Crippen LogP contribution in [0.3, 0.4) is 0 Å². The number of benzene rings is 1.